The van der Waals surface area contributed by atoms with Crippen molar-refractivity contribution in [2.75, 3.05) is 25.1 Å². The number of H-pyrrole nitrogens is 1. The fourth-order valence-corrected chi connectivity index (χ4v) is 1.39. The second-order valence-corrected chi connectivity index (χ2v) is 4.19. The number of nitrogens with zero attached hydrogens (tertiary/aromatic N) is 2. The summed E-state index contributed by atoms with van der Waals surface area (Å²) in [7, 11) is 2.03. The number of aromatic nitrogens is 2. The largest absolute Gasteiger partial charge is 0.396 e. The maximum Gasteiger partial charge on any atom is 0.150 e. The highest BCUT2D eigenvalue weighted by Crippen LogP contribution is 2.17. The van der Waals surface area contributed by atoms with Crippen LogP contribution in [0.5, 0.6) is 0 Å². The zero-order chi connectivity index (χ0) is 11.3. The lowest BCUT2D eigenvalue weighted by Crippen LogP contribution is -2.19. The van der Waals surface area contributed by atoms with Crippen molar-refractivity contribution in [1.29, 1.82) is 0 Å². The molecule has 0 fully saturated rings. The van der Waals surface area contributed by atoms with Crippen LogP contribution in [0.4, 0.5) is 5.82 Å². The van der Waals surface area contributed by atoms with Gasteiger partial charge in [0.15, 0.2) is 0 Å². The van der Waals surface area contributed by atoms with Crippen LogP contribution in [0.1, 0.15) is 38.3 Å². The number of hydrogen-bond acceptors (Lipinski definition) is 3. The second kappa shape index (κ2) is 5.75. The molecule has 1 heterocycles. The summed E-state index contributed by atoms with van der Waals surface area (Å²) in [4.78, 5) is 2.11. The first kappa shape index (κ1) is 12.0. The molecule has 1 aromatic rings. The quantitative estimate of drug-likeness (QED) is 0.705. The highest BCUT2D eigenvalue weighted by atomic mass is 16.2. The molecule has 0 aliphatic carbocycles. The van der Waals surface area contributed by atoms with Gasteiger partial charge in [-0.2, -0.15) is 5.10 Å². The van der Waals surface area contributed by atoms with E-state index in [4.69, 9.17) is 5.11 Å². The molecule has 4 heteroatoms. The third kappa shape index (κ3) is 3.55. The summed E-state index contributed by atoms with van der Waals surface area (Å²) in [6, 6.07) is 2.09. The van der Waals surface area contributed by atoms with Crippen molar-refractivity contribution in [2.24, 2.45) is 0 Å². The van der Waals surface area contributed by atoms with E-state index >= 15 is 0 Å². The molecular weight excluding hydrogens is 190 g/mol. The standard InChI is InChI=1S/C11H21N3O/c1-9(2)10-8-11(13-12-10)14(3)6-4-5-7-15/h8-9,15H,4-7H2,1-3H3,(H,12,13). The van der Waals surface area contributed by atoms with Crippen molar-refractivity contribution >= 4 is 5.82 Å². The number of aliphatic hydroxyl groups excluding tert-OH is 1. The van der Waals surface area contributed by atoms with E-state index in [2.05, 4.69) is 35.0 Å². The van der Waals surface area contributed by atoms with Gasteiger partial charge in [-0.15, -0.1) is 0 Å². The third-order valence-corrected chi connectivity index (χ3v) is 2.50. The average Bonchev–Trinajstić information content (AvgIpc) is 2.66. The van der Waals surface area contributed by atoms with Gasteiger partial charge in [0.05, 0.1) is 0 Å². The molecule has 0 saturated heterocycles. The zero-order valence-corrected chi connectivity index (χ0v) is 9.82. The van der Waals surface area contributed by atoms with E-state index in [1.165, 1.54) is 5.69 Å². The van der Waals surface area contributed by atoms with Gasteiger partial charge in [-0.05, 0) is 18.8 Å². The number of rotatable bonds is 6. The van der Waals surface area contributed by atoms with Gasteiger partial charge >= 0.3 is 0 Å². The minimum Gasteiger partial charge on any atom is -0.396 e. The van der Waals surface area contributed by atoms with Gasteiger partial charge in [0.2, 0.25) is 0 Å². The normalized spacial score (nSPS) is 11.0. The summed E-state index contributed by atoms with van der Waals surface area (Å²) < 4.78 is 0. The van der Waals surface area contributed by atoms with Crippen LogP contribution in [-0.4, -0.2) is 35.5 Å². The molecule has 0 saturated carbocycles. The minimum absolute atomic E-state index is 0.269. The molecule has 0 atom stereocenters. The van der Waals surface area contributed by atoms with Gasteiger partial charge in [0.25, 0.3) is 0 Å². The SMILES string of the molecule is CC(C)c1cc(N(C)CCCCO)n[nH]1. The van der Waals surface area contributed by atoms with Crippen LogP contribution in [0, 0.1) is 0 Å². The Morgan fingerprint density at radius 2 is 2.20 bits per heavy atom. The summed E-state index contributed by atoms with van der Waals surface area (Å²) in [5.41, 5.74) is 1.17. The Hall–Kier alpha value is -1.03. The molecule has 0 aromatic carbocycles. The minimum atomic E-state index is 0.269. The van der Waals surface area contributed by atoms with Crippen molar-refractivity contribution in [2.45, 2.75) is 32.6 Å². The fraction of sp³-hybridized carbons (Fsp3) is 0.727. The van der Waals surface area contributed by atoms with Gasteiger partial charge in [-0.25, -0.2) is 0 Å². The molecule has 86 valence electrons. The fourth-order valence-electron chi connectivity index (χ4n) is 1.39. The summed E-state index contributed by atoms with van der Waals surface area (Å²) in [6.45, 7) is 5.49. The molecule has 1 aromatic heterocycles. The topological polar surface area (TPSA) is 52.1 Å². The van der Waals surface area contributed by atoms with E-state index in [1.54, 1.807) is 0 Å². The van der Waals surface area contributed by atoms with E-state index in [1.807, 2.05) is 7.05 Å². The van der Waals surface area contributed by atoms with E-state index in [-0.39, 0.29) is 6.61 Å². The van der Waals surface area contributed by atoms with Crippen LogP contribution < -0.4 is 4.90 Å². The van der Waals surface area contributed by atoms with Gasteiger partial charge in [0, 0.05) is 32.0 Å². The predicted molar refractivity (Wildman–Crippen MR) is 62.3 cm³/mol. The molecule has 0 aliphatic rings. The molecule has 0 radical (unpaired) electrons. The smallest absolute Gasteiger partial charge is 0.150 e. The van der Waals surface area contributed by atoms with E-state index < -0.39 is 0 Å². The first-order valence-corrected chi connectivity index (χ1v) is 5.52. The molecule has 15 heavy (non-hydrogen) atoms. The van der Waals surface area contributed by atoms with Crippen molar-refractivity contribution in [3.63, 3.8) is 0 Å². The molecule has 4 nitrogen and oxygen atoms in total. The highest BCUT2D eigenvalue weighted by molar-refractivity contribution is 5.38. The molecule has 0 unspecified atom stereocenters. The van der Waals surface area contributed by atoms with Crippen molar-refractivity contribution < 1.29 is 5.11 Å². The molecule has 1 rings (SSSR count). The Kier molecular flexibility index (Phi) is 4.62. The summed E-state index contributed by atoms with van der Waals surface area (Å²) in [6.07, 6.45) is 1.85. The Morgan fingerprint density at radius 3 is 2.73 bits per heavy atom. The highest BCUT2D eigenvalue weighted by Gasteiger charge is 2.07. The second-order valence-electron chi connectivity index (χ2n) is 4.19. The van der Waals surface area contributed by atoms with E-state index in [0.29, 0.717) is 5.92 Å². The maximum atomic E-state index is 8.69. The molecule has 0 aliphatic heterocycles. The zero-order valence-electron chi connectivity index (χ0n) is 9.82. The predicted octanol–water partition coefficient (Wildman–Crippen LogP) is 1.74. The van der Waals surface area contributed by atoms with Crippen LogP contribution in [0.15, 0.2) is 6.07 Å². The van der Waals surface area contributed by atoms with Crippen molar-refractivity contribution in [3.8, 4) is 0 Å². The molecule has 0 spiro atoms. The summed E-state index contributed by atoms with van der Waals surface area (Å²) in [5, 5.41) is 16.0. The van der Waals surface area contributed by atoms with Gasteiger partial charge in [-0.3, -0.25) is 5.10 Å². The Labute approximate surface area is 91.3 Å². The lowest BCUT2D eigenvalue weighted by Gasteiger charge is -2.15. The molecule has 2 N–H and O–H groups in total. The van der Waals surface area contributed by atoms with E-state index in [0.717, 1.165) is 25.2 Å². The lowest BCUT2D eigenvalue weighted by molar-refractivity contribution is 0.285. The first-order chi connectivity index (χ1) is 7.15. The lowest BCUT2D eigenvalue weighted by atomic mass is 10.1. The first-order valence-electron chi connectivity index (χ1n) is 5.52. The number of aliphatic hydroxyl groups is 1. The molecule has 0 bridgehead atoms. The number of hydrogen-bond donors (Lipinski definition) is 2. The van der Waals surface area contributed by atoms with Gasteiger partial charge in [0.1, 0.15) is 5.82 Å². The van der Waals surface area contributed by atoms with Crippen LogP contribution in [0.3, 0.4) is 0 Å². The van der Waals surface area contributed by atoms with Crippen LogP contribution >= 0.6 is 0 Å². The van der Waals surface area contributed by atoms with Crippen LogP contribution in [-0.2, 0) is 0 Å². The molecular formula is C11H21N3O. The van der Waals surface area contributed by atoms with Gasteiger partial charge < -0.3 is 10.0 Å². The Bertz CT molecular complexity index is 283. The van der Waals surface area contributed by atoms with Crippen molar-refractivity contribution in [3.05, 3.63) is 11.8 Å². The number of nitrogens with one attached hydrogen (secondary N) is 1. The van der Waals surface area contributed by atoms with Gasteiger partial charge in [-0.1, -0.05) is 13.8 Å². The Morgan fingerprint density at radius 1 is 1.47 bits per heavy atom. The van der Waals surface area contributed by atoms with Crippen LogP contribution in [0.25, 0.3) is 0 Å². The third-order valence-electron chi connectivity index (χ3n) is 2.50. The summed E-state index contributed by atoms with van der Waals surface area (Å²) in [5.74, 6) is 1.47. The number of aromatic amines is 1. The van der Waals surface area contributed by atoms with Crippen LogP contribution in [0.2, 0.25) is 0 Å². The molecule has 0 amide bonds. The summed E-state index contributed by atoms with van der Waals surface area (Å²) >= 11 is 0. The number of unbranched alkanes of at least 4 members (excludes halogenated alkanes) is 1. The Balaban J connectivity index is 2.47. The van der Waals surface area contributed by atoms with Crippen molar-refractivity contribution in [1.82, 2.24) is 10.2 Å². The monoisotopic (exact) mass is 211 g/mol. The average molecular weight is 211 g/mol. The number of anilines is 1. The maximum absolute atomic E-state index is 8.69. The van der Waals surface area contributed by atoms with E-state index in [9.17, 15) is 0 Å².